The number of hydrogen-bond acceptors (Lipinski definition) is 9. The number of urea groups is 1. The Labute approximate surface area is 210 Å². The first kappa shape index (κ1) is 26.0. The lowest BCUT2D eigenvalue weighted by molar-refractivity contribution is -0.782. The van der Waals surface area contributed by atoms with Gasteiger partial charge in [-0.2, -0.15) is 0 Å². The molecule has 3 aromatic rings. The summed E-state index contributed by atoms with van der Waals surface area (Å²) < 4.78 is 17.3. The lowest BCUT2D eigenvalue weighted by Crippen LogP contribution is -2.61. The second-order valence-corrected chi connectivity index (χ2v) is 8.54. The normalized spacial score (nSPS) is 24.2. The summed E-state index contributed by atoms with van der Waals surface area (Å²) >= 11 is 0. The molecule has 1 unspecified atom stereocenters. The number of aliphatic carboxylic acids is 1. The zero-order valence-electron chi connectivity index (χ0n) is 19.7. The Morgan fingerprint density at radius 2 is 1.73 bits per heavy atom. The molecule has 0 spiro atoms. The van der Waals surface area contributed by atoms with Crippen LogP contribution < -0.4 is 20.1 Å². The summed E-state index contributed by atoms with van der Waals surface area (Å²) in [5.41, 5.74) is 1.53. The number of rotatable bonds is 8. The number of amides is 2. The Bertz CT molecular complexity index is 1200. The number of aliphatic hydroxyl groups excluding tert-OH is 3. The van der Waals surface area contributed by atoms with E-state index in [1.54, 1.807) is 10.9 Å². The number of nitrogens with one attached hydrogen (secondary N) is 2. The van der Waals surface area contributed by atoms with Gasteiger partial charge in [0.25, 0.3) is 6.20 Å². The van der Waals surface area contributed by atoms with Crippen LogP contribution in [0.5, 0.6) is 5.75 Å². The maximum Gasteiger partial charge on any atom is 0.335 e. The lowest BCUT2D eigenvalue weighted by atomic mass is 9.99. The fourth-order valence-corrected chi connectivity index (χ4v) is 3.74. The zero-order valence-corrected chi connectivity index (χ0v) is 19.7. The molecule has 6 N–H and O–H groups in total. The van der Waals surface area contributed by atoms with Gasteiger partial charge in [0.1, 0.15) is 24.1 Å². The molecule has 4 rings (SSSR count). The number of hydrogen-bond donors (Lipinski definition) is 6. The number of carbonyl (C=O) groups excluding carboxylic acids is 1. The molecule has 13 heteroatoms. The average Bonchev–Trinajstić information content (AvgIpc) is 3.34. The van der Waals surface area contributed by atoms with E-state index in [1.807, 2.05) is 37.3 Å². The number of benzene rings is 2. The Kier molecular flexibility index (Phi) is 7.98. The number of anilines is 2. The van der Waals surface area contributed by atoms with Gasteiger partial charge >= 0.3 is 17.9 Å². The Hall–Kier alpha value is -4.04. The van der Waals surface area contributed by atoms with Crippen molar-refractivity contribution in [3.05, 3.63) is 66.4 Å². The van der Waals surface area contributed by atoms with E-state index < -0.39 is 42.7 Å². The summed E-state index contributed by atoms with van der Waals surface area (Å²) in [6, 6.07) is 15.2. The molecule has 13 nitrogen and oxygen atoms in total. The molecule has 1 aromatic heterocycles. The topological polar surface area (TPSA) is 187 Å². The van der Waals surface area contributed by atoms with Gasteiger partial charge in [0.2, 0.25) is 11.6 Å². The van der Waals surface area contributed by atoms with Crippen molar-refractivity contribution in [1.82, 2.24) is 5.27 Å². The fraction of sp³-hybridized carbons (Fsp3) is 0.333. The largest absolute Gasteiger partial charge is 0.479 e. The molecule has 1 fully saturated rings. The van der Waals surface area contributed by atoms with E-state index in [4.69, 9.17) is 19.1 Å². The quantitative estimate of drug-likeness (QED) is 0.233. The minimum Gasteiger partial charge on any atom is -0.479 e. The Morgan fingerprint density at radius 1 is 1.03 bits per heavy atom. The summed E-state index contributed by atoms with van der Waals surface area (Å²) in [6.07, 6.45) is -6.28. The van der Waals surface area contributed by atoms with Gasteiger partial charge in [-0.15, -0.1) is 0 Å². The minimum atomic E-state index is -1.82. The van der Waals surface area contributed by atoms with Crippen LogP contribution in [0.1, 0.15) is 18.5 Å². The van der Waals surface area contributed by atoms with Crippen molar-refractivity contribution in [1.29, 1.82) is 0 Å². The van der Waals surface area contributed by atoms with Gasteiger partial charge in [-0.3, -0.25) is 9.84 Å². The van der Waals surface area contributed by atoms with Crippen LogP contribution >= 0.6 is 0 Å². The first-order valence-electron chi connectivity index (χ1n) is 11.4. The first-order chi connectivity index (χ1) is 17.7. The molecule has 1 saturated heterocycles. The van der Waals surface area contributed by atoms with Gasteiger partial charge in [0.15, 0.2) is 12.1 Å². The molecule has 0 radical (unpaired) electrons. The number of carboxylic acid groups (broad SMARTS) is 1. The number of carboxylic acids is 1. The van der Waals surface area contributed by atoms with Gasteiger partial charge in [0, 0.05) is 19.0 Å². The molecule has 6 atom stereocenters. The van der Waals surface area contributed by atoms with Crippen molar-refractivity contribution in [3.63, 3.8) is 0 Å². The third-order valence-corrected chi connectivity index (χ3v) is 5.72. The molecule has 2 heterocycles. The molecule has 1 aliphatic rings. The number of carbonyl (C=O) groups is 2. The zero-order chi connectivity index (χ0) is 26.5. The van der Waals surface area contributed by atoms with E-state index in [9.17, 15) is 24.9 Å². The van der Waals surface area contributed by atoms with E-state index >= 15 is 0 Å². The molecule has 2 amide bonds. The summed E-state index contributed by atoms with van der Waals surface area (Å²) in [7, 11) is 0. The van der Waals surface area contributed by atoms with E-state index in [2.05, 4.69) is 15.9 Å². The van der Waals surface area contributed by atoms with Crippen LogP contribution in [-0.2, 0) is 16.0 Å². The van der Waals surface area contributed by atoms with E-state index in [0.29, 0.717) is 5.69 Å². The van der Waals surface area contributed by atoms with Crippen LogP contribution in [-0.4, -0.2) is 68.4 Å². The number of aliphatic hydroxyl groups is 3. The highest BCUT2D eigenvalue weighted by atomic mass is 16.7. The monoisotopic (exact) mass is 515 g/mol. The van der Waals surface area contributed by atoms with Crippen molar-refractivity contribution >= 4 is 23.6 Å². The number of nitrogens with zero attached hydrogens (tertiary/aromatic N) is 2. The Balaban J connectivity index is 1.30. The highest BCUT2D eigenvalue weighted by molar-refractivity contribution is 5.98. The smallest absolute Gasteiger partial charge is 0.335 e. The van der Waals surface area contributed by atoms with Gasteiger partial charge < -0.3 is 35.2 Å². The number of aromatic nitrogens is 2. The summed E-state index contributed by atoms with van der Waals surface area (Å²) in [4.78, 5) is 23.6. The highest BCUT2D eigenvalue weighted by Crippen LogP contribution is 2.25. The van der Waals surface area contributed by atoms with E-state index in [0.717, 1.165) is 12.0 Å². The molecule has 0 bridgehead atoms. The van der Waals surface area contributed by atoms with Crippen molar-refractivity contribution in [2.75, 3.05) is 10.6 Å². The van der Waals surface area contributed by atoms with E-state index in [-0.39, 0.29) is 17.7 Å². The summed E-state index contributed by atoms with van der Waals surface area (Å²) in [5, 5.41) is 47.9. The van der Waals surface area contributed by atoms with Crippen molar-refractivity contribution in [2.45, 2.75) is 50.1 Å². The van der Waals surface area contributed by atoms with Crippen molar-refractivity contribution < 1.29 is 48.7 Å². The van der Waals surface area contributed by atoms with Crippen molar-refractivity contribution in [3.8, 4) is 5.75 Å². The third kappa shape index (κ3) is 6.40. The molecule has 1 aliphatic heterocycles. The summed E-state index contributed by atoms with van der Waals surface area (Å²) in [5.74, 6) is -1.21. The predicted molar refractivity (Wildman–Crippen MR) is 126 cm³/mol. The second kappa shape index (κ2) is 11.3. The lowest BCUT2D eigenvalue weighted by Gasteiger charge is -2.38. The van der Waals surface area contributed by atoms with Crippen LogP contribution in [0.2, 0.25) is 0 Å². The molecule has 2 aromatic carbocycles. The number of ether oxygens (including phenoxy) is 2. The molecular formula is C24H27N4O9+. The van der Waals surface area contributed by atoms with Crippen LogP contribution in [0.4, 0.5) is 16.4 Å². The van der Waals surface area contributed by atoms with Crippen LogP contribution in [0, 0.1) is 0 Å². The standard InChI is InChI=1S/C24H26N4O9/c1-13(11-14-5-3-2-4-6-14)28-12-17(37-27-28)26-24(34)25-15-7-9-16(10-8-15)35-23-20(31)18(29)19(30)21(36-23)22(32)33/h2-10,12-13,18-21,23,29-31H,11H2,1H3,(H2-,25,26,27,32,33,34)/p+1/t13?,18-,19-,20+,21-,23+/m0/s1. The Morgan fingerprint density at radius 3 is 2.41 bits per heavy atom. The molecule has 196 valence electrons. The van der Waals surface area contributed by atoms with Crippen molar-refractivity contribution in [2.24, 2.45) is 0 Å². The van der Waals surface area contributed by atoms with Gasteiger partial charge in [-0.05, 0) is 34.5 Å². The van der Waals surface area contributed by atoms with Crippen LogP contribution in [0.25, 0.3) is 0 Å². The molecule has 0 saturated carbocycles. The average molecular weight is 515 g/mol. The van der Waals surface area contributed by atoms with Gasteiger partial charge in [-0.25, -0.2) is 9.59 Å². The van der Waals surface area contributed by atoms with Gasteiger partial charge in [0.05, 0.1) is 0 Å². The molecule has 0 aliphatic carbocycles. The maximum absolute atomic E-state index is 12.4. The van der Waals surface area contributed by atoms with Gasteiger partial charge in [-0.1, -0.05) is 30.3 Å². The van der Waals surface area contributed by atoms with Crippen LogP contribution in [0.3, 0.4) is 0 Å². The molecule has 37 heavy (non-hydrogen) atoms. The summed E-state index contributed by atoms with van der Waals surface area (Å²) in [6.45, 7) is 1.98. The SMILES string of the molecule is CC(Cc1ccccc1)[n+]1cc(NC(=O)Nc2ccc(O[C@@H]3O[C@H](C(=O)O)[C@@H](O)[C@H](O)[C@H]3O)cc2)on1. The highest BCUT2D eigenvalue weighted by Gasteiger charge is 2.48. The predicted octanol–water partition coefficient (Wildman–Crippen LogP) is 0.681. The molecular weight excluding hydrogens is 488 g/mol. The van der Waals surface area contributed by atoms with Crippen LogP contribution in [0.15, 0.2) is 65.3 Å². The first-order valence-corrected chi connectivity index (χ1v) is 11.4. The fourth-order valence-electron chi connectivity index (χ4n) is 3.74. The maximum atomic E-state index is 12.4. The minimum absolute atomic E-state index is 0.000813. The third-order valence-electron chi connectivity index (χ3n) is 5.72. The second-order valence-electron chi connectivity index (χ2n) is 8.54. The van der Waals surface area contributed by atoms with E-state index in [1.165, 1.54) is 24.3 Å².